The van der Waals surface area contributed by atoms with Crippen LogP contribution in [0, 0.1) is 0 Å². The molecule has 0 aliphatic carbocycles. The molecule has 0 bridgehead atoms. The third kappa shape index (κ3) is 7.23. The largest absolute Gasteiger partial charge is 0.357 e. The average molecular weight is 527 g/mol. The molecule has 8 heteroatoms. The Kier molecular flexibility index (Phi) is 10.6. The maximum absolute atomic E-state index is 11.9. The number of aliphatic imine (C=N–C) groups is 1. The predicted octanol–water partition coefficient (Wildman–Crippen LogP) is 2.36. The van der Waals surface area contributed by atoms with E-state index in [2.05, 4.69) is 45.9 Å². The summed E-state index contributed by atoms with van der Waals surface area (Å²) in [6.45, 7) is 6.53. The molecular formula is C22H34IN5O2. The number of rotatable bonds is 8. The molecule has 166 valence electrons. The van der Waals surface area contributed by atoms with Crippen molar-refractivity contribution in [1.82, 2.24) is 20.4 Å². The average Bonchev–Trinajstić information content (AvgIpc) is 3.16. The lowest BCUT2D eigenvalue weighted by Crippen LogP contribution is -2.46. The molecule has 0 aromatic heterocycles. The summed E-state index contributed by atoms with van der Waals surface area (Å²) in [5, 5.41) is 6.54. The van der Waals surface area contributed by atoms with Crippen molar-refractivity contribution in [2.45, 2.75) is 51.6 Å². The van der Waals surface area contributed by atoms with Gasteiger partial charge in [0.1, 0.15) is 0 Å². The molecule has 1 aromatic carbocycles. The fraction of sp³-hybridized carbons (Fsp3) is 0.591. The van der Waals surface area contributed by atoms with E-state index in [0.717, 1.165) is 38.6 Å². The molecule has 2 saturated heterocycles. The lowest BCUT2D eigenvalue weighted by atomic mass is 10.1. The highest BCUT2D eigenvalue weighted by Crippen LogP contribution is 2.20. The SMILES string of the molecule is CCNC(=NCC1CCCN1Cc1ccccc1)NCCN1C(=O)CCCC1=O.I. The van der Waals surface area contributed by atoms with E-state index in [1.54, 1.807) is 0 Å². The van der Waals surface area contributed by atoms with Crippen molar-refractivity contribution in [1.29, 1.82) is 0 Å². The Morgan fingerprint density at radius 2 is 1.83 bits per heavy atom. The highest BCUT2D eigenvalue weighted by Gasteiger charge is 2.26. The van der Waals surface area contributed by atoms with Gasteiger partial charge in [-0.3, -0.25) is 24.4 Å². The Morgan fingerprint density at radius 1 is 1.10 bits per heavy atom. The number of carbonyl (C=O) groups is 2. The Hall–Kier alpha value is -1.68. The monoisotopic (exact) mass is 527 g/mol. The van der Waals surface area contributed by atoms with Gasteiger partial charge in [-0.05, 0) is 38.3 Å². The zero-order chi connectivity index (χ0) is 20.5. The van der Waals surface area contributed by atoms with E-state index in [0.29, 0.717) is 38.4 Å². The first kappa shape index (κ1) is 24.6. The summed E-state index contributed by atoms with van der Waals surface area (Å²) in [5.41, 5.74) is 1.34. The van der Waals surface area contributed by atoms with Gasteiger partial charge in [0.05, 0.1) is 6.54 Å². The number of imide groups is 1. The lowest BCUT2D eigenvalue weighted by molar-refractivity contribution is -0.147. The van der Waals surface area contributed by atoms with Crippen LogP contribution in [-0.4, -0.2) is 66.3 Å². The molecule has 2 aliphatic rings. The molecule has 2 N–H and O–H groups in total. The van der Waals surface area contributed by atoms with E-state index in [9.17, 15) is 9.59 Å². The second-order valence-electron chi connectivity index (χ2n) is 7.69. The van der Waals surface area contributed by atoms with Crippen LogP contribution in [0.15, 0.2) is 35.3 Å². The molecule has 2 aliphatic heterocycles. The van der Waals surface area contributed by atoms with Gasteiger partial charge in [-0.1, -0.05) is 30.3 Å². The van der Waals surface area contributed by atoms with E-state index in [1.165, 1.54) is 16.9 Å². The van der Waals surface area contributed by atoms with Gasteiger partial charge in [-0.25, -0.2) is 0 Å². The summed E-state index contributed by atoms with van der Waals surface area (Å²) in [5.74, 6) is 0.621. The van der Waals surface area contributed by atoms with Gasteiger partial charge in [0.15, 0.2) is 5.96 Å². The van der Waals surface area contributed by atoms with E-state index < -0.39 is 0 Å². The third-order valence-corrected chi connectivity index (χ3v) is 5.54. The number of hydrogen-bond donors (Lipinski definition) is 2. The molecule has 0 radical (unpaired) electrons. The molecule has 2 fully saturated rings. The van der Waals surface area contributed by atoms with Gasteiger partial charge >= 0.3 is 0 Å². The first-order valence-electron chi connectivity index (χ1n) is 10.8. The zero-order valence-electron chi connectivity index (χ0n) is 17.8. The normalized spacial score (nSPS) is 20.2. The van der Waals surface area contributed by atoms with E-state index >= 15 is 0 Å². The van der Waals surface area contributed by atoms with Crippen molar-refractivity contribution in [3.05, 3.63) is 35.9 Å². The van der Waals surface area contributed by atoms with Gasteiger partial charge in [-0.2, -0.15) is 0 Å². The highest BCUT2D eigenvalue weighted by atomic mass is 127. The minimum absolute atomic E-state index is 0. The summed E-state index contributed by atoms with van der Waals surface area (Å²) in [7, 11) is 0. The number of guanidine groups is 1. The van der Waals surface area contributed by atoms with E-state index in [4.69, 9.17) is 4.99 Å². The molecule has 2 amide bonds. The minimum atomic E-state index is -0.0625. The molecule has 1 atom stereocenters. The third-order valence-electron chi connectivity index (χ3n) is 5.54. The van der Waals surface area contributed by atoms with E-state index in [1.807, 2.05) is 6.92 Å². The number of nitrogens with zero attached hydrogens (tertiary/aromatic N) is 3. The van der Waals surface area contributed by atoms with E-state index in [-0.39, 0.29) is 35.8 Å². The summed E-state index contributed by atoms with van der Waals surface area (Å²) in [6.07, 6.45) is 3.98. The fourth-order valence-electron chi connectivity index (χ4n) is 4.00. The van der Waals surface area contributed by atoms with Crippen LogP contribution in [0.1, 0.15) is 44.6 Å². The highest BCUT2D eigenvalue weighted by molar-refractivity contribution is 14.0. The molecule has 1 aromatic rings. The van der Waals surface area contributed by atoms with Crippen molar-refractivity contribution in [2.75, 3.05) is 32.7 Å². The standard InChI is InChI=1S/C22H33N5O2.HI/c1-2-23-22(24-13-15-27-20(28)11-6-12-21(27)29)25-16-19-10-7-14-26(19)17-18-8-4-3-5-9-18;/h3-5,8-9,19H,2,6-7,10-17H2,1H3,(H2,23,24,25);1H. The number of hydrogen-bond acceptors (Lipinski definition) is 4. The Labute approximate surface area is 196 Å². The van der Waals surface area contributed by atoms with Crippen molar-refractivity contribution < 1.29 is 9.59 Å². The van der Waals surface area contributed by atoms with Crippen molar-refractivity contribution in [3.63, 3.8) is 0 Å². The van der Waals surface area contributed by atoms with Crippen molar-refractivity contribution >= 4 is 41.8 Å². The van der Waals surface area contributed by atoms with Crippen LogP contribution in [0.2, 0.25) is 0 Å². The van der Waals surface area contributed by atoms with Gasteiger partial charge < -0.3 is 10.6 Å². The Bertz CT molecular complexity index is 697. The predicted molar refractivity (Wildman–Crippen MR) is 130 cm³/mol. The molecule has 2 heterocycles. The van der Waals surface area contributed by atoms with Crippen LogP contribution in [0.4, 0.5) is 0 Å². The lowest BCUT2D eigenvalue weighted by Gasteiger charge is -2.25. The molecule has 30 heavy (non-hydrogen) atoms. The number of piperidine rings is 1. The fourth-order valence-corrected chi connectivity index (χ4v) is 4.00. The molecule has 3 rings (SSSR count). The van der Waals surface area contributed by atoms with Crippen LogP contribution in [0.3, 0.4) is 0 Å². The topological polar surface area (TPSA) is 77.0 Å². The molecular weight excluding hydrogens is 493 g/mol. The van der Waals surface area contributed by atoms with Crippen molar-refractivity contribution in [3.8, 4) is 0 Å². The summed E-state index contributed by atoms with van der Waals surface area (Å²) in [4.78, 5) is 32.5. The molecule has 1 unspecified atom stereocenters. The van der Waals surface area contributed by atoms with Crippen LogP contribution in [-0.2, 0) is 16.1 Å². The number of benzene rings is 1. The van der Waals surface area contributed by atoms with Crippen LogP contribution in [0.5, 0.6) is 0 Å². The number of amides is 2. The quantitative estimate of drug-likeness (QED) is 0.235. The summed E-state index contributed by atoms with van der Waals surface area (Å²) >= 11 is 0. The Morgan fingerprint density at radius 3 is 2.53 bits per heavy atom. The number of carbonyl (C=O) groups excluding carboxylic acids is 2. The first-order chi connectivity index (χ1) is 14.2. The molecule has 7 nitrogen and oxygen atoms in total. The number of nitrogens with one attached hydrogen (secondary N) is 2. The van der Waals surface area contributed by atoms with Gasteiger partial charge in [-0.15, -0.1) is 24.0 Å². The Balaban J connectivity index is 0.00000320. The zero-order valence-corrected chi connectivity index (χ0v) is 20.1. The van der Waals surface area contributed by atoms with Crippen LogP contribution >= 0.6 is 24.0 Å². The smallest absolute Gasteiger partial charge is 0.229 e. The van der Waals surface area contributed by atoms with Crippen LogP contribution < -0.4 is 10.6 Å². The summed E-state index contributed by atoms with van der Waals surface area (Å²) in [6, 6.07) is 11.0. The maximum atomic E-state index is 11.9. The minimum Gasteiger partial charge on any atom is -0.357 e. The molecule has 0 spiro atoms. The van der Waals surface area contributed by atoms with Gasteiger partial charge in [0.25, 0.3) is 0 Å². The van der Waals surface area contributed by atoms with Gasteiger partial charge in [0, 0.05) is 45.1 Å². The second-order valence-corrected chi connectivity index (χ2v) is 7.69. The van der Waals surface area contributed by atoms with Crippen LogP contribution in [0.25, 0.3) is 0 Å². The maximum Gasteiger partial charge on any atom is 0.229 e. The molecule has 0 saturated carbocycles. The number of likely N-dealkylation sites (tertiary alicyclic amines) is 2. The van der Waals surface area contributed by atoms with Crippen molar-refractivity contribution in [2.24, 2.45) is 4.99 Å². The van der Waals surface area contributed by atoms with Gasteiger partial charge in [0.2, 0.25) is 11.8 Å². The summed E-state index contributed by atoms with van der Waals surface area (Å²) < 4.78 is 0. The first-order valence-corrected chi connectivity index (χ1v) is 10.8. The second kappa shape index (κ2) is 12.9. The number of halogens is 1.